The molecule has 2 atom stereocenters. The standard InChI is InChI=1S/C23H34FNO2/c1-7-8-9-18-21(17-11-10-16(24)12-19(17)27)20(15(6)26)23(14(4)5)25-22(18)13(2)3/h10-15,21,25-27H,7-9H2,1-6H3/t15-,21+/m1/s1. The molecule has 1 aliphatic heterocycles. The van der Waals surface area contributed by atoms with Gasteiger partial charge in [0.1, 0.15) is 11.6 Å². The Morgan fingerprint density at radius 2 is 1.70 bits per heavy atom. The maximum absolute atomic E-state index is 13.6. The number of dihydropyridines is 1. The number of nitrogens with one attached hydrogen (secondary N) is 1. The van der Waals surface area contributed by atoms with E-state index in [1.165, 1.54) is 17.7 Å². The molecule has 1 heterocycles. The summed E-state index contributed by atoms with van der Waals surface area (Å²) in [6.07, 6.45) is 2.28. The number of hydrogen-bond acceptors (Lipinski definition) is 3. The molecular formula is C23H34FNO2. The largest absolute Gasteiger partial charge is 0.508 e. The molecule has 27 heavy (non-hydrogen) atoms. The lowest BCUT2D eigenvalue weighted by molar-refractivity contribution is 0.219. The van der Waals surface area contributed by atoms with E-state index in [0.29, 0.717) is 5.56 Å². The molecule has 1 aromatic rings. The minimum absolute atomic E-state index is 0.0553. The van der Waals surface area contributed by atoms with E-state index >= 15 is 0 Å². The summed E-state index contributed by atoms with van der Waals surface area (Å²) >= 11 is 0. The Balaban J connectivity index is 2.77. The maximum Gasteiger partial charge on any atom is 0.126 e. The monoisotopic (exact) mass is 375 g/mol. The van der Waals surface area contributed by atoms with Crippen molar-refractivity contribution >= 4 is 0 Å². The Hall–Kier alpha value is -1.81. The highest BCUT2D eigenvalue weighted by molar-refractivity contribution is 5.52. The first-order chi connectivity index (χ1) is 12.7. The molecule has 2 rings (SSSR count). The van der Waals surface area contributed by atoms with E-state index in [1.807, 2.05) is 0 Å². The average molecular weight is 376 g/mol. The third kappa shape index (κ3) is 4.55. The van der Waals surface area contributed by atoms with Gasteiger partial charge in [0.05, 0.1) is 6.10 Å². The molecule has 0 saturated carbocycles. The third-order valence-electron chi connectivity index (χ3n) is 5.29. The second-order valence-electron chi connectivity index (χ2n) is 8.16. The SMILES string of the molecule is CCCCC1=C(C(C)C)NC(C(C)C)=C([C@@H](C)O)[C@H]1c1ccc(F)cc1O. The molecule has 0 bridgehead atoms. The molecule has 0 fully saturated rings. The number of unbranched alkanes of at least 4 members (excludes halogenated alkanes) is 1. The quantitative estimate of drug-likeness (QED) is 0.581. The number of rotatable bonds is 7. The smallest absolute Gasteiger partial charge is 0.126 e. The van der Waals surface area contributed by atoms with Crippen LogP contribution in [-0.2, 0) is 0 Å². The highest BCUT2D eigenvalue weighted by Gasteiger charge is 2.36. The zero-order chi connectivity index (χ0) is 20.3. The fraction of sp³-hybridized carbons (Fsp3) is 0.565. The van der Waals surface area contributed by atoms with E-state index in [-0.39, 0.29) is 23.5 Å². The Bertz CT molecular complexity index is 732. The second kappa shape index (κ2) is 8.92. The number of halogens is 1. The summed E-state index contributed by atoms with van der Waals surface area (Å²) < 4.78 is 13.6. The normalized spacial score (nSPS) is 19.1. The summed E-state index contributed by atoms with van der Waals surface area (Å²) in [5.41, 5.74) is 4.89. The molecule has 0 aliphatic carbocycles. The van der Waals surface area contributed by atoms with Crippen LogP contribution < -0.4 is 5.32 Å². The van der Waals surface area contributed by atoms with Crippen LogP contribution in [0, 0.1) is 17.7 Å². The fourth-order valence-electron chi connectivity index (χ4n) is 4.02. The molecule has 4 heteroatoms. The van der Waals surface area contributed by atoms with Crippen molar-refractivity contribution in [3.8, 4) is 5.75 Å². The summed E-state index contributed by atoms with van der Waals surface area (Å²) in [6.45, 7) is 12.4. The Morgan fingerprint density at radius 3 is 2.19 bits per heavy atom. The number of benzene rings is 1. The number of allylic oxidation sites excluding steroid dienone is 3. The molecule has 0 saturated heterocycles. The summed E-state index contributed by atoms with van der Waals surface area (Å²) in [5, 5.41) is 24.8. The van der Waals surface area contributed by atoms with Crippen molar-refractivity contribution in [1.29, 1.82) is 0 Å². The number of hydrogen-bond donors (Lipinski definition) is 3. The van der Waals surface area contributed by atoms with Gasteiger partial charge >= 0.3 is 0 Å². The van der Waals surface area contributed by atoms with Gasteiger partial charge in [0.25, 0.3) is 0 Å². The van der Waals surface area contributed by atoms with Crippen molar-refractivity contribution in [3.63, 3.8) is 0 Å². The average Bonchev–Trinajstić information content (AvgIpc) is 2.58. The number of phenols is 1. The lowest BCUT2D eigenvalue weighted by atomic mass is 9.73. The van der Waals surface area contributed by atoms with Crippen LogP contribution in [-0.4, -0.2) is 16.3 Å². The highest BCUT2D eigenvalue weighted by Crippen LogP contribution is 2.46. The molecule has 0 radical (unpaired) electrons. The number of aliphatic hydroxyl groups excluding tert-OH is 1. The second-order valence-corrected chi connectivity index (χ2v) is 8.16. The molecular weight excluding hydrogens is 341 g/mol. The van der Waals surface area contributed by atoms with Crippen LogP contribution in [0.5, 0.6) is 5.75 Å². The van der Waals surface area contributed by atoms with Crippen molar-refractivity contribution in [1.82, 2.24) is 5.32 Å². The van der Waals surface area contributed by atoms with Crippen LogP contribution >= 0.6 is 0 Å². The zero-order valence-corrected chi connectivity index (χ0v) is 17.4. The molecule has 3 N–H and O–H groups in total. The predicted octanol–water partition coefficient (Wildman–Crippen LogP) is 5.61. The van der Waals surface area contributed by atoms with Gasteiger partial charge in [-0.05, 0) is 48.8 Å². The number of phenolic OH excluding ortho intramolecular Hbond substituents is 1. The van der Waals surface area contributed by atoms with Gasteiger partial charge < -0.3 is 15.5 Å². The van der Waals surface area contributed by atoms with Gasteiger partial charge in [-0.3, -0.25) is 0 Å². The van der Waals surface area contributed by atoms with E-state index in [9.17, 15) is 14.6 Å². The van der Waals surface area contributed by atoms with Crippen LogP contribution in [0.3, 0.4) is 0 Å². The Labute approximate surface area is 163 Å². The molecule has 0 spiro atoms. The number of aliphatic hydroxyl groups is 1. The molecule has 0 amide bonds. The molecule has 1 aromatic carbocycles. The third-order valence-corrected chi connectivity index (χ3v) is 5.29. The van der Waals surface area contributed by atoms with E-state index in [4.69, 9.17) is 0 Å². The van der Waals surface area contributed by atoms with E-state index in [2.05, 4.69) is 39.9 Å². The molecule has 1 aliphatic rings. The highest BCUT2D eigenvalue weighted by atomic mass is 19.1. The first kappa shape index (κ1) is 21.5. The topological polar surface area (TPSA) is 52.5 Å². The van der Waals surface area contributed by atoms with Crippen LogP contribution in [0.2, 0.25) is 0 Å². The van der Waals surface area contributed by atoms with E-state index in [0.717, 1.165) is 36.2 Å². The van der Waals surface area contributed by atoms with Gasteiger partial charge in [0, 0.05) is 28.9 Å². The van der Waals surface area contributed by atoms with Crippen molar-refractivity contribution < 1.29 is 14.6 Å². The summed E-state index contributed by atoms with van der Waals surface area (Å²) in [5.74, 6) is -0.277. The van der Waals surface area contributed by atoms with Crippen molar-refractivity contribution in [2.75, 3.05) is 0 Å². The van der Waals surface area contributed by atoms with Gasteiger partial charge in [-0.25, -0.2) is 4.39 Å². The molecule has 3 nitrogen and oxygen atoms in total. The first-order valence-electron chi connectivity index (χ1n) is 10.1. The van der Waals surface area contributed by atoms with Gasteiger partial charge in [-0.1, -0.05) is 47.1 Å². The minimum Gasteiger partial charge on any atom is -0.508 e. The van der Waals surface area contributed by atoms with Gasteiger partial charge in [0.15, 0.2) is 0 Å². The van der Waals surface area contributed by atoms with Crippen molar-refractivity contribution in [2.24, 2.45) is 11.8 Å². The van der Waals surface area contributed by atoms with E-state index < -0.39 is 11.9 Å². The predicted molar refractivity (Wildman–Crippen MR) is 109 cm³/mol. The van der Waals surface area contributed by atoms with E-state index in [1.54, 1.807) is 13.0 Å². The van der Waals surface area contributed by atoms with Gasteiger partial charge in [-0.2, -0.15) is 0 Å². The van der Waals surface area contributed by atoms with Crippen molar-refractivity contribution in [2.45, 2.75) is 72.8 Å². The molecule has 150 valence electrons. The van der Waals surface area contributed by atoms with Crippen LogP contribution in [0.15, 0.2) is 40.7 Å². The van der Waals surface area contributed by atoms with Crippen molar-refractivity contribution in [3.05, 3.63) is 52.1 Å². The molecule has 0 unspecified atom stereocenters. The fourth-order valence-corrected chi connectivity index (χ4v) is 4.02. The maximum atomic E-state index is 13.6. The Morgan fingerprint density at radius 1 is 1.07 bits per heavy atom. The summed E-state index contributed by atoms with van der Waals surface area (Å²) in [7, 11) is 0. The summed E-state index contributed by atoms with van der Waals surface area (Å²) in [6, 6.07) is 4.21. The molecule has 0 aromatic heterocycles. The van der Waals surface area contributed by atoms with Crippen LogP contribution in [0.25, 0.3) is 0 Å². The number of aromatic hydroxyl groups is 1. The lowest BCUT2D eigenvalue weighted by Crippen LogP contribution is -2.34. The minimum atomic E-state index is -0.672. The summed E-state index contributed by atoms with van der Waals surface area (Å²) in [4.78, 5) is 0. The van der Waals surface area contributed by atoms with Crippen LogP contribution in [0.4, 0.5) is 4.39 Å². The zero-order valence-electron chi connectivity index (χ0n) is 17.4. The van der Waals surface area contributed by atoms with Gasteiger partial charge in [-0.15, -0.1) is 0 Å². The Kier molecular flexibility index (Phi) is 7.10. The first-order valence-corrected chi connectivity index (χ1v) is 10.1. The lowest BCUT2D eigenvalue weighted by Gasteiger charge is -2.39. The van der Waals surface area contributed by atoms with Gasteiger partial charge in [0.2, 0.25) is 0 Å². The van der Waals surface area contributed by atoms with Crippen LogP contribution in [0.1, 0.15) is 72.3 Å².